The molecule has 6 nitrogen and oxygen atoms in total. The van der Waals surface area contributed by atoms with Crippen molar-refractivity contribution in [1.29, 1.82) is 0 Å². The number of aliphatic hydroxyl groups is 1. The van der Waals surface area contributed by atoms with Gasteiger partial charge in [0, 0.05) is 24.2 Å². The molecule has 0 bridgehead atoms. The lowest BCUT2D eigenvalue weighted by molar-refractivity contribution is -0.141. The quantitative estimate of drug-likeness (QED) is 0.695. The summed E-state index contributed by atoms with van der Waals surface area (Å²) in [4.78, 5) is 29.1. The molecule has 19 heavy (non-hydrogen) atoms. The lowest BCUT2D eigenvalue weighted by Gasteiger charge is -2.31. The number of aryl methyl sites for hydroxylation is 1. The second-order valence-electron chi connectivity index (χ2n) is 5.00. The number of hydrogen-bond donors (Lipinski definition) is 2. The molecule has 2 amide bonds. The monoisotopic (exact) mass is 261 g/mol. The highest BCUT2D eigenvalue weighted by atomic mass is 16.3. The first kappa shape index (κ1) is 12.3. The minimum atomic E-state index is -0.827. The Labute approximate surface area is 110 Å². The van der Waals surface area contributed by atoms with E-state index in [1.54, 1.807) is 4.90 Å². The topological polar surface area (TPSA) is 82.5 Å². The molecule has 0 radical (unpaired) electrons. The van der Waals surface area contributed by atoms with Crippen molar-refractivity contribution in [3.63, 3.8) is 0 Å². The first-order valence-electron chi connectivity index (χ1n) is 6.30. The summed E-state index contributed by atoms with van der Waals surface area (Å²) in [6, 6.07) is 3.21. The predicted octanol–water partition coefficient (Wildman–Crippen LogP) is 0.00172. The van der Waals surface area contributed by atoms with E-state index in [2.05, 4.69) is 10.3 Å². The van der Waals surface area contributed by atoms with Gasteiger partial charge < -0.3 is 5.11 Å². The third-order valence-corrected chi connectivity index (χ3v) is 3.68. The standard InChI is InChI=1S/C13H15N3O3/c1-7-2-3-8-9(14-7)6-16(13(8)19)10-4-5-11(17)15-12(10)18/h2-3,10,13,19H,4-6H2,1H3,(H,15,17,18). The molecule has 1 fully saturated rings. The highest BCUT2D eigenvalue weighted by Gasteiger charge is 2.40. The maximum Gasteiger partial charge on any atom is 0.244 e. The fraction of sp³-hybridized carbons (Fsp3) is 0.462. The predicted molar refractivity (Wildman–Crippen MR) is 65.6 cm³/mol. The first-order chi connectivity index (χ1) is 9.06. The highest BCUT2D eigenvalue weighted by molar-refractivity contribution is 6.00. The molecule has 3 rings (SSSR count). The summed E-state index contributed by atoms with van der Waals surface area (Å²) < 4.78 is 0. The van der Waals surface area contributed by atoms with Crippen LogP contribution in [0.2, 0.25) is 0 Å². The molecule has 0 saturated carbocycles. The van der Waals surface area contributed by atoms with E-state index in [1.165, 1.54) is 0 Å². The summed E-state index contributed by atoms with van der Waals surface area (Å²) in [5, 5.41) is 12.6. The van der Waals surface area contributed by atoms with Gasteiger partial charge in [0.25, 0.3) is 0 Å². The Bertz CT molecular complexity index is 558. The van der Waals surface area contributed by atoms with Gasteiger partial charge in [0.1, 0.15) is 6.23 Å². The molecular formula is C13H15N3O3. The smallest absolute Gasteiger partial charge is 0.244 e. The Balaban J connectivity index is 1.85. The molecule has 2 aliphatic heterocycles. The lowest BCUT2D eigenvalue weighted by atomic mass is 10.0. The average molecular weight is 261 g/mol. The maximum absolute atomic E-state index is 11.9. The zero-order valence-electron chi connectivity index (χ0n) is 10.6. The van der Waals surface area contributed by atoms with Crippen molar-refractivity contribution in [3.05, 3.63) is 29.1 Å². The van der Waals surface area contributed by atoms with Gasteiger partial charge in [-0.2, -0.15) is 0 Å². The fourth-order valence-electron chi connectivity index (χ4n) is 2.70. The van der Waals surface area contributed by atoms with Crippen LogP contribution in [0.25, 0.3) is 0 Å². The number of fused-ring (bicyclic) bond motifs is 1. The summed E-state index contributed by atoms with van der Waals surface area (Å²) in [6.07, 6.45) is -0.0797. The van der Waals surface area contributed by atoms with Gasteiger partial charge in [-0.3, -0.25) is 24.8 Å². The normalized spacial score (nSPS) is 27.3. The van der Waals surface area contributed by atoms with Gasteiger partial charge >= 0.3 is 0 Å². The summed E-state index contributed by atoms with van der Waals surface area (Å²) in [7, 11) is 0. The van der Waals surface area contributed by atoms with E-state index in [-0.39, 0.29) is 11.8 Å². The van der Waals surface area contributed by atoms with E-state index in [0.29, 0.717) is 19.4 Å². The Morgan fingerprint density at radius 1 is 1.42 bits per heavy atom. The van der Waals surface area contributed by atoms with Crippen molar-refractivity contribution in [2.75, 3.05) is 0 Å². The van der Waals surface area contributed by atoms with Crippen LogP contribution in [0.15, 0.2) is 12.1 Å². The van der Waals surface area contributed by atoms with Gasteiger partial charge in [-0.1, -0.05) is 6.07 Å². The van der Waals surface area contributed by atoms with E-state index in [1.807, 2.05) is 19.1 Å². The Kier molecular flexibility index (Phi) is 2.83. The number of nitrogens with one attached hydrogen (secondary N) is 1. The molecule has 3 heterocycles. The third kappa shape index (κ3) is 2.02. The first-order valence-corrected chi connectivity index (χ1v) is 6.30. The number of nitrogens with zero attached hydrogens (tertiary/aromatic N) is 2. The van der Waals surface area contributed by atoms with Crippen LogP contribution in [0.4, 0.5) is 0 Å². The van der Waals surface area contributed by atoms with Crippen molar-refractivity contribution < 1.29 is 14.7 Å². The summed E-state index contributed by atoms with van der Waals surface area (Å²) in [5.41, 5.74) is 2.43. The molecule has 2 aliphatic rings. The lowest BCUT2D eigenvalue weighted by Crippen LogP contribution is -2.51. The molecule has 1 saturated heterocycles. The van der Waals surface area contributed by atoms with E-state index >= 15 is 0 Å². The average Bonchev–Trinajstić information content (AvgIpc) is 2.66. The van der Waals surface area contributed by atoms with E-state index < -0.39 is 12.3 Å². The third-order valence-electron chi connectivity index (χ3n) is 3.68. The molecule has 0 aliphatic carbocycles. The minimum absolute atomic E-state index is 0.249. The number of piperidine rings is 1. The van der Waals surface area contributed by atoms with Crippen molar-refractivity contribution >= 4 is 11.8 Å². The Hall–Kier alpha value is -1.79. The number of carbonyl (C=O) groups excluding carboxylic acids is 2. The fourth-order valence-corrected chi connectivity index (χ4v) is 2.70. The van der Waals surface area contributed by atoms with Crippen molar-refractivity contribution in [2.45, 2.75) is 38.6 Å². The van der Waals surface area contributed by atoms with E-state index in [0.717, 1.165) is 17.0 Å². The number of hydrogen-bond acceptors (Lipinski definition) is 5. The zero-order chi connectivity index (χ0) is 13.6. The maximum atomic E-state index is 11.9. The van der Waals surface area contributed by atoms with E-state index in [9.17, 15) is 14.7 Å². The Morgan fingerprint density at radius 2 is 2.21 bits per heavy atom. The SMILES string of the molecule is Cc1ccc2c(n1)CN(C1CCC(=O)NC1=O)C2O. The van der Waals surface area contributed by atoms with Gasteiger partial charge in [-0.15, -0.1) is 0 Å². The van der Waals surface area contributed by atoms with Crippen molar-refractivity contribution in [3.8, 4) is 0 Å². The highest BCUT2D eigenvalue weighted by Crippen LogP contribution is 2.34. The largest absolute Gasteiger partial charge is 0.374 e. The molecule has 6 heteroatoms. The van der Waals surface area contributed by atoms with Crippen LogP contribution >= 0.6 is 0 Å². The number of carbonyl (C=O) groups is 2. The van der Waals surface area contributed by atoms with Crippen molar-refractivity contribution in [2.24, 2.45) is 0 Å². The number of imide groups is 1. The molecular weight excluding hydrogens is 246 g/mol. The number of aromatic nitrogens is 1. The molecule has 0 spiro atoms. The van der Waals surface area contributed by atoms with Crippen LogP contribution in [-0.2, 0) is 16.1 Å². The molecule has 0 aromatic carbocycles. The number of aliphatic hydroxyl groups excluding tert-OH is 1. The Morgan fingerprint density at radius 3 is 2.95 bits per heavy atom. The van der Waals surface area contributed by atoms with Crippen molar-refractivity contribution in [1.82, 2.24) is 15.2 Å². The van der Waals surface area contributed by atoms with E-state index in [4.69, 9.17) is 0 Å². The summed E-state index contributed by atoms with van der Waals surface area (Å²) in [5.74, 6) is -0.582. The summed E-state index contributed by atoms with van der Waals surface area (Å²) >= 11 is 0. The van der Waals surface area contributed by atoms with Crippen LogP contribution in [-0.4, -0.2) is 32.8 Å². The van der Waals surface area contributed by atoms with Crippen LogP contribution in [0.5, 0.6) is 0 Å². The van der Waals surface area contributed by atoms with Crippen LogP contribution in [0.1, 0.15) is 36.0 Å². The number of pyridine rings is 1. The second kappa shape index (κ2) is 4.40. The van der Waals surface area contributed by atoms with Gasteiger partial charge in [0.15, 0.2) is 0 Å². The second-order valence-corrected chi connectivity index (χ2v) is 5.00. The van der Waals surface area contributed by atoms with Gasteiger partial charge in [0.05, 0.1) is 11.7 Å². The van der Waals surface area contributed by atoms with Gasteiger partial charge in [-0.25, -0.2) is 0 Å². The molecule has 1 aromatic rings. The number of rotatable bonds is 1. The minimum Gasteiger partial charge on any atom is -0.374 e. The number of amides is 2. The summed E-state index contributed by atoms with van der Waals surface area (Å²) in [6.45, 7) is 2.33. The molecule has 2 unspecified atom stereocenters. The molecule has 2 N–H and O–H groups in total. The van der Waals surface area contributed by atoms with Crippen LogP contribution in [0.3, 0.4) is 0 Å². The van der Waals surface area contributed by atoms with Gasteiger partial charge in [0.2, 0.25) is 11.8 Å². The zero-order valence-corrected chi connectivity index (χ0v) is 10.6. The molecule has 2 atom stereocenters. The van der Waals surface area contributed by atoms with Crippen LogP contribution < -0.4 is 5.32 Å². The molecule has 1 aromatic heterocycles. The molecule has 100 valence electrons. The van der Waals surface area contributed by atoms with Gasteiger partial charge in [-0.05, 0) is 19.4 Å². The van der Waals surface area contributed by atoms with Crippen LogP contribution in [0, 0.1) is 6.92 Å².